The van der Waals surface area contributed by atoms with Gasteiger partial charge in [0.2, 0.25) is 11.6 Å². The highest BCUT2D eigenvalue weighted by Crippen LogP contribution is 2.22. The van der Waals surface area contributed by atoms with Crippen molar-refractivity contribution in [1.29, 1.82) is 0 Å². The topological polar surface area (TPSA) is 86.9 Å². The van der Waals surface area contributed by atoms with Crippen LogP contribution in [0, 0.1) is 6.57 Å². The summed E-state index contributed by atoms with van der Waals surface area (Å²) in [4.78, 5) is 30.6. The third kappa shape index (κ3) is 4.92. The van der Waals surface area contributed by atoms with E-state index in [9.17, 15) is 9.59 Å². The number of nitrogens with zero attached hydrogens (tertiary/aromatic N) is 3. The number of ketones is 1. The van der Waals surface area contributed by atoms with Gasteiger partial charge in [0.1, 0.15) is 5.82 Å². The number of Topliss-reactive ketones (excluding diaryl/α,β-unsaturated/α-hetero) is 1. The molecule has 0 bridgehead atoms. The first-order valence-electron chi connectivity index (χ1n) is 8.76. The molecule has 0 saturated carbocycles. The first kappa shape index (κ1) is 20.1. The lowest BCUT2D eigenvalue weighted by Crippen LogP contribution is -3.11. The number of hydrogen-bond donors (Lipinski definition) is 3. The molecule has 1 aromatic carbocycles. The van der Waals surface area contributed by atoms with E-state index in [2.05, 4.69) is 20.4 Å². The Hall–Kier alpha value is -3.18. The second-order valence-corrected chi connectivity index (χ2v) is 6.46. The van der Waals surface area contributed by atoms with Crippen LogP contribution in [0.4, 0.5) is 17.2 Å². The molecule has 0 saturated heterocycles. The van der Waals surface area contributed by atoms with Crippen molar-refractivity contribution in [1.82, 2.24) is 10.2 Å². The molecule has 142 valence electrons. The number of nitrogens with one attached hydrogen (secondary N) is 3. The summed E-state index contributed by atoms with van der Waals surface area (Å²) in [6.07, 6.45) is 1.44. The van der Waals surface area contributed by atoms with Gasteiger partial charge < -0.3 is 15.1 Å². The van der Waals surface area contributed by atoms with E-state index < -0.39 is 0 Å². The highest BCUT2D eigenvalue weighted by atomic mass is 16.2. The molecule has 27 heavy (non-hydrogen) atoms. The number of hydrogen-bond acceptors (Lipinski definition) is 4. The molecule has 0 spiro atoms. The largest absolute Gasteiger partial charge is 0.330 e. The number of anilines is 2. The lowest BCUT2D eigenvalue weighted by atomic mass is 10.1. The summed E-state index contributed by atoms with van der Waals surface area (Å²) in [5.41, 5.74) is 1.65. The Bertz CT molecular complexity index is 852. The van der Waals surface area contributed by atoms with Crippen LogP contribution >= 0.6 is 0 Å². The molecule has 0 aliphatic heterocycles. The molecule has 2 rings (SSSR count). The maximum absolute atomic E-state index is 12.8. The predicted octanol–water partition coefficient (Wildman–Crippen LogP) is 1.49. The Morgan fingerprint density at radius 1 is 1.41 bits per heavy atom. The van der Waals surface area contributed by atoms with Crippen molar-refractivity contribution in [2.24, 2.45) is 0 Å². The molecule has 0 aliphatic carbocycles. The van der Waals surface area contributed by atoms with Crippen molar-refractivity contribution in [3.8, 4) is 0 Å². The number of carbonyl (C=O) groups excluding carboxylic acids is 2. The molecule has 3 N–H and O–H groups in total. The van der Waals surface area contributed by atoms with E-state index >= 15 is 0 Å². The van der Waals surface area contributed by atoms with Crippen LogP contribution in [-0.2, 0) is 4.79 Å². The van der Waals surface area contributed by atoms with E-state index in [4.69, 9.17) is 6.57 Å². The maximum Gasteiger partial charge on any atom is 0.247 e. The number of amides is 1. The number of H-pyrrole nitrogens is 1. The van der Waals surface area contributed by atoms with Crippen LogP contribution in [0.2, 0.25) is 0 Å². The van der Waals surface area contributed by atoms with Gasteiger partial charge in [-0.2, -0.15) is 5.10 Å². The van der Waals surface area contributed by atoms with Crippen LogP contribution in [0.15, 0.2) is 30.5 Å². The fraction of sp³-hybridized carbons (Fsp3) is 0.368. The van der Waals surface area contributed by atoms with Crippen LogP contribution < -0.4 is 15.1 Å². The van der Waals surface area contributed by atoms with Crippen molar-refractivity contribution in [3.63, 3.8) is 0 Å². The van der Waals surface area contributed by atoms with Gasteiger partial charge in [-0.3, -0.25) is 14.7 Å². The number of aromatic nitrogens is 2. The molecular weight excluding hydrogens is 344 g/mol. The average Bonchev–Trinajstić information content (AvgIpc) is 3.08. The monoisotopic (exact) mass is 369 g/mol. The minimum Gasteiger partial charge on any atom is -0.330 e. The summed E-state index contributed by atoms with van der Waals surface area (Å²) in [6, 6.07) is 7.10. The number of aromatic amines is 1. The smallest absolute Gasteiger partial charge is 0.247 e. The lowest BCUT2D eigenvalue weighted by molar-refractivity contribution is -0.880. The number of quaternary nitrogens is 1. The molecule has 0 fully saturated rings. The fourth-order valence-corrected chi connectivity index (χ4v) is 2.78. The van der Waals surface area contributed by atoms with Gasteiger partial charge in [-0.15, -0.1) is 0 Å². The van der Waals surface area contributed by atoms with Gasteiger partial charge >= 0.3 is 0 Å². The van der Waals surface area contributed by atoms with Crippen LogP contribution in [0.3, 0.4) is 0 Å². The summed E-state index contributed by atoms with van der Waals surface area (Å²) >= 11 is 0. The van der Waals surface area contributed by atoms with E-state index in [-0.39, 0.29) is 24.3 Å². The fourth-order valence-electron chi connectivity index (χ4n) is 2.78. The van der Waals surface area contributed by atoms with Gasteiger partial charge in [0, 0.05) is 24.7 Å². The Morgan fingerprint density at radius 3 is 2.74 bits per heavy atom. The molecule has 1 aromatic heterocycles. The van der Waals surface area contributed by atoms with Gasteiger partial charge in [-0.1, -0.05) is 12.1 Å². The van der Waals surface area contributed by atoms with Gasteiger partial charge in [0.25, 0.3) is 0 Å². The van der Waals surface area contributed by atoms with Crippen LogP contribution in [-0.4, -0.2) is 48.7 Å². The Balaban J connectivity index is 2.18. The highest BCUT2D eigenvalue weighted by Gasteiger charge is 2.22. The number of benzene rings is 1. The maximum atomic E-state index is 12.8. The van der Waals surface area contributed by atoms with Crippen molar-refractivity contribution in [2.75, 3.05) is 30.9 Å². The van der Waals surface area contributed by atoms with Gasteiger partial charge in [0.15, 0.2) is 11.9 Å². The molecule has 8 nitrogen and oxygen atoms in total. The molecule has 0 aliphatic rings. The van der Waals surface area contributed by atoms with Crippen molar-refractivity contribution < 1.29 is 14.5 Å². The quantitative estimate of drug-likeness (QED) is 0.374. The van der Waals surface area contributed by atoms with Crippen molar-refractivity contribution in [3.05, 3.63) is 47.4 Å². The van der Waals surface area contributed by atoms with E-state index in [0.717, 1.165) is 4.90 Å². The SMILES string of the molecule is [C-]#[N+]c1cn[nH]c1NC(CC(=O)c1cccc(N(CC)C(C)=O)c1)[NH+](C)C. The Labute approximate surface area is 159 Å². The highest BCUT2D eigenvalue weighted by molar-refractivity contribution is 5.99. The standard InChI is InChI=1S/C19H24N6O2/c1-6-25(13(2)26)15-9-7-8-14(10-15)17(27)11-18(24(4)5)22-19-16(20-3)12-21-23-19/h7-10,12,18H,6,11H2,1-2,4-5H3,(H2,21,22,23)/p+1. The second kappa shape index (κ2) is 8.96. The Kier molecular flexibility index (Phi) is 6.68. The molecule has 2 aromatic rings. The van der Waals surface area contributed by atoms with Crippen LogP contribution in [0.1, 0.15) is 30.6 Å². The first-order valence-corrected chi connectivity index (χ1v) is 8.76. The van der Waals surface area contributed by atoms with Crippen LogP contribution in [0.25, 0.3) is 4.85 Å². The Morgan fingerprint density at radius 2 is 2.15 bits per heavy atom. The van der Waals surface area contributed by atoms with Gasteiger partial charge in [0.05, 0.1) is 33.3 Å². The van der Waals surface area contributed by atoms with E-state index in [1.165, 1.54) is 13.1 Å². The third-order valence-corrected chi connectivity index (χ3v) is 4.32. The molecule has 1 amide bonds. The third-order valence-electron chi connectivity index (χ3n) is 4.32. The zero-order valence-electron chi connectivity index (χ0n) is 16.0. The van der Waals surface area contributed by atoms with Crippen molar-refractivity contribution in [2.45, 2.75) is 26.4 Å². The zero-order valence-corrected chi connectivity index (χ0v) is 16.0. The van der Waals surface area contributed by atoms with E-state index in [1.54, 1.807) is 23.1 Å². The lowest BCUT2D eigenvalue weighted by Gasteiger charge is -2.23. The predicted molar refractivity (Wildman–Crippen MR) is 104 cm³/mol. The summed E-state index contributed by atoms with van der Waals surface area (Å²) < 4.78 is 0. The average molecular weight is 369 g/mol. The summed E-state index contributed by atoms with van der Waals surface area (Å²) in [5.74, 6) is 0.399. The molecule has 8 heteroatoms. The number of rotatable bonds is 8. The summed E-state index contributed by atoms with van der Waals surface area (Å²) in [6.45, 7) is 11.1. The van der Waals surface area contributed by atoms with Crippen molar-refractivity contribution >= 4 is 28.9 Å². The molecule has 1 unspecified atom stereocenters. The van der Waals surface area contributed by atoms with E-state index in [1.807, 2.05) is 27.1 Å². The number of carbonyl (C=O) groups is 2. The van der Waals surface area contributed by atoms with E-state index in [0.29, 0.717) is 29.3 Å². The molecule has 1 heterocycles. The molecule has 0 radical (unpaired) electrons. The normalized spacial score (nSPS) is 11.7. The minimum absolute atomic E-state index is 0.0426. The summed E-state index contributed by atoms with van der Waals surface area (Å²) in [5, 5.41) is 9.81. The van der Waals surface area contributed by atoms with Gasteiger partial charge in [-0.05, 0) is 19.1 Å². The first-order chi connectivity index (χ1) is 12.9. The van der Waals surface area contributed by atoms with Crippen LogP contribution in [0.5, 0.6) is 0 Å². The molecular formula is C19H25N6O2+. The second-order valence-electron chi connectivity index (χ2n) is 6.46. The van der Waals surface area contributed by atoms with Gasteiger partial charge in [-0.25, -0.2) is 4.85 Å². The summed E-state index contributed by atoms with van der Waals surface area (Å²) in [7, 11) is 3.87. The molecule has 1 atom stereocenters. The zero-order chi connectivity index (χ0) is 20.0. The minimum atomic E-state index is -0.239.